The van der Waals surface area contributed by atoms with E-state index in [0.29, 0.717) is 0 Å². The van der Waals surface area contributed by atoms with Gasteiger partial charge in [-0.1, -0.05) is 0 Å². The summed E-state index contributed by atoms with van der Waals surface area (Å²) in [6.45, 7) is 5.76. The third kappa shape index (κ3) is 2.43. The Hall–Kier alpha value is -0.750. The van der Waals surface area contributed by atoms with E-state index in [1.807, 2.05) is 18.7 Å². The Labute approximate surface area is 49.8 Å². The minimum Gasteiger partial charge on any atom is -0.369 e. The molecule has 0 saturated heterocycles. The summed E-state index contributed by atoms with van der Waals surface area (Å²) in [7, 11) is 0. The highest BCUT2D eigenvalue weighted by atomic mass is 16.1. The molecule has 0 rings (SSSR count). The maximum atomic E-state index is 9.71. The molecular weight excluding hydrogens is 102 g/mol. The first-order chi connectivity index (χ1) is 3.85. The van der Waals surface area contributed by atoms with Crippen LogP contribution in [0, 0.1) is 0 Å². The van der Waals surface area contributed by atoms with Gasteiger partial charge in [-0.3, -0.25) is 0 Å². The molecule has 46 valence electrons. The van der Waals surface area contributed by atoms with Crippen molar-refractivity contribution in [1.82, 2.24) is 4.90 Å². The van der Waals surface area contributed by atoms with E-state index in [1.54, 1.807) is 5.94 Å². The highest BCUT2D eigenvalue weighted by Gasteiger charge is 1.86. The number of hydrogen-bond acceptors (Lipinski definition) is 2. The summed E-state index contributed by atoms with van der Waals surface area (Å²) in [6, 6.07) is 0. The summed E-state index contributed by atoms with van der Waals surface area (Å²) in [6.07, 6.45) is 1.43. The van der Waals surface area contributed by atoms with E-state index in [9.17, 15) is 4.79 Å². The van der Waals surface area contributed by atoms with E-state index in [1.165, 1.54) is 6.20 Å². The summed E-state index contributed by atoms with van der Waals surface area (Å²) in [5, 5.41) is 0. The van der Waals surface area contributed by atoms with Crippen molar-refractivity contribution in [2.45, 2.75) is 13.8 Å². The van der Waals surface area contributed by atoms with Crippen molar-refractivity contribution >= 4 is 5.94 Å². The lowest BCUT2D eigenvalue weighted by Crippen LogP contribution is -2.15. The van der Waals surface area contributed by atoms with E-state index < -0.39 is 0 Å². The zero-order valence-corrected chi connectivity index (χ0v) is 5.35. The number of rotatable bonds is 3. The molecule has 8 heavy (non-hydrogen) atoms. The number of hydrogen-bond donors (Lipinski definition) is 0. The Morgan fingerprint density at radius 2 is 2.00 bits per heavy atom. The number of carbonyl (C=O) groups excluding carboxylic acids is 1. The zero-order chi connectivity index (χ0) is 6.41. The van der Waals surface area contributed by atoms with Gasteiger partial charge in [-0.15, -0.1) is 0 Å². The van der Waals surface area contributed by atoms with Crippen LogP contribution in [0.25, 0.3) is 0 Å². The molecule has 0 fully saturated rings. The van der Waals surface area contributed by atoms with Gasteiger partial charge >= 0.3 is 0 Å². The molecular formula is C6H11NO. The highest BCUT2D eigenvalue weighted by Crippen LogP contribution is 1.82. The maximum Gasteiger partial charge on any atom is 0.142 e. The molecule has 0 aromatic heterocycles. The van der Waals surface area contributed by atoms with Gasteiger partial charge in [0, 0.05) is 13.1 Å². The fraction of sp³-hybridized carbons (Fsp3) is 0.667. The Morgan fingerprint density at radius 1 is 1.50 bits per heavy atom. The molecule has 0 heterocycles. The predicted octanol–water partition coefficient (Wildman–Crippen LogP) is 0.673. The zero-order valence-electron chi connectivity index (χ0n) is 5.35. The highest BCUT2D eigenvalue weighted by molar-refractivity contribution is 5.43. The van der Waals surface area contributed by atoms with Crippen LogP contribution in [0.5, 0.6) is 0 Å². The van der Waals surface area contributed by atoms with Crippen LogP contribution in [0.4, 0.5) is 0 Å². The van der Waals surface area contributed by atoms with E-state index in [0.717, 1.165) is 13.1 Å². The van der Waals surface area contributed by atoms with Gasteiger partial charge in [0.1, 0.15) is 5.94 Å². The Morgan fingerprint density at radius 3 is 2.12 bits per heavy atom. The molecule has 0 spiro atoms. The van der Waals surface area contributed by atoms with Crippen molar-refractivity contribution in [1.29, 1.82) is 0 Å². The fourth-order valence-corrected chi connectivity index (χ4v) is 0.481. The summed E-state index contributed by atoms with van der Waals surface area (Å²) < 4.78 is 0. The quantitative estimate of drug-likeness (QED) is 0.501. The van der Waals surface area contributed by atoms with Gasteiger partial charge in [-0.2, -0.15) is 0 Å². The van der Waals surface area contributed by atoms with Gasteiger partial charge in [0.25, 0.3) is 0 Å². The molecule has 0 N–H and O–H groups in total. The fourth-order valence-electron chi connectivity index (χ4n) is 0.481. The van der Waals surface area contributed by atoms with Gasteiger partial charge in [0.2, 0.25) is 0 Å². The lowest BCUT2D eigenvalue weighted by Gasteiger charge is -2.11. The second-order valence-corrected chi connectivity index (χ2v) is 1.47. The molecule has 0 atom stereocenters. The minimum atomic E-state index is 0.881. The predicted molar refractivity (Wildman–Crippen MR) is 33.2 cm³/mol. The van der Waals surface area contributed by atoms with Crippen molar-refractivity contribution in [3.63, 3.8) is 0 Å². The van der Waals surface area contributed by atoms with Crippen LogP contribution < -0.4 is 0 Å². The summed E-state index contributed by atoms with van der Waals surface area (Å²) in [5.74, 6) is 1.72. The van der Waals surface area contributed by atoms with Gasteiger partial charge in [-0.25, -0.2) is 4.79 Å². The van der Waals surface area contributed by atoms with Gasteiger partial charge in [0.05, 0.1) is 6.20 Å². The van der Waals surface area contributed by atoms with Crippen LogP contribution in [0.15, 0.2) is 6.20 Å². The molecule has 0 aliphatic carbocycles. The first kappa shape index (κ1) is 7.25. The summed E-state index contributed by atoms with van der Waals surface area (Å²) in [4.78, 5) is 11.6. The lowest BCUT2D eigenvalue weighted by molar-refractivity contribution is 0.419. The van der Waals surface area contributed by atoms with E-state index in [4.69, 9.17) is 0 Å². The maximum absolute atomic E-state index is 9.71. The molecule has 0 radical (unpaired) electrons. The SMILES string of the molecule is CCN(C=C=O)CC. The van der Waals surface area contributed by atoms with Crippen LogP contribution in [0.3, 0.4) is 0 Å². The molecule has 0 aliphatic heterocycles. The Kier molecular flexibility index (Phi) is 4.00. The van der Waals surface area contributed by atoms with Crippen LogP contribution in [0.2, 0.25) is 0 Å². The first-order valence-corrected chi connectivity index (χ1v) is 2.80. The van der Waals surface area contributed by atoms with Gasteiger partial charge < -0.3 is 4.90 Å². The molecule has 0 bridgehead atoms. The topological polar surface area (TPSA) is 20.3 Å². The summed E-state index contributed by atoms with van der Waals surface area (Å²) >= 11 is 0. The third-order valence-corrected chi connectivity index (χ3v) is 1.05. The van der Waals surface area contributed by atoms with E-state index in [-0.39, 0.29) is 0 Å². The van der Waals surface area contributed by atoms with Crippen molar-refractivity contribution in [2.75, 3.05) is 13.1 Å². The van der Waals surface area contributed by atoms with Crippen molar-refractivity contribution in [3.05, 3.63) is 6.20 Å². The van der Waals surface area contributed by atoms with Crippen molar-refractivity contribution in [3.8, 4) is 0 Å². The van der Waals surface area contributed by atoms with Crippen LogP contribution >= 0.6 is 0 Å². The molecule has 2 heteroatoms. The third-order valence-electron chi connectivity index (χ3n) is 1.05. The molecule has 0 saturated carbocycles. The van der Waals surface area contributed by atoms with Crippen molar-refractivity contribution in [2.24, 2.45) is 0 Å². The first-order valence-electron chi connectivity index (χ1n) is 2.80. The molecule has 0 unspecified atom stereocenters. The number of nitrogens with zero attached hydrogens (tertiary/aromatic N) is 1. The lowest BCUT2D eigenvalue weighted by atomic mass is 10.5. The van der Waals surface area contributed by atoms with Crippen LogP contribution in [-0.4, -0.2) is 23.9 Å². The monoisotopic (exact) mass is 113 g/mol. The van der Waals surface area contributed by atoms with Crippen LogP contribution in [-0.2, 0) is 4.79 Å². The average molecular weight is 113 g/mol. The molecule has 0 aromatic carbocycles. The van der Waals surface area contributed by atoms with Gasteiger partial charge in [-0.05, 0) is 13.8 Å². The second-order valence-electron chi connectivity index (χ2n) is 1.47. The normalized spacial score (nSPS) is 7.75. The largest absolute Gasteiger partial charge is 0.369 e. The molecule has 2 nitrogen and oxygen atoms in total. The Bertz CT molecular complexity index is 90.7. The van der Waals surface area contributed by atoms with Crippen molar-refractivity contribution < 1.29 is 4.79 Å². The molecule has 0 amide bonds. The molecule has 0 aromatic rings. The minimum absolute atomic E-state index is 0.881. The van der Waals surface area contributed by atoms with Gasteiger partial charge in [0.15, 0.2) is 0 Å². The average Bonchev–Trinajstić information content (AvgIpc) is 1.83. The van der Waals surface area contributed by atoms with E-state index >= 15 is 0 Å². The van der Waals surface area contributed by atoms with Crippen LogP contribution in [0.1, 0.15) is 13.8 Å². The van der Waals surface area contributed by atoms with E-state index in [2.05, 4.69) is 0 Å². The Balaban J connectivity index is 3.52. The second kappa shape index (κ2) is 4.41. The summed E-state index contributed by atoms with van der Waals surface area (Å²) in [5.41, 5.74) is 0. The smallest absolute Gasteiger partial charge is 0.142 e. The standard InChI is InChI=1S/C6H11NO/c1-3-7(4-2)5-6-8/h5H,3-4H2,1-2H3. The molecule has 0 aliphatic rings.